The average Bonchev–Trinajstić information content (AvgIpc) is 2.53. The molecule has 0 fully saturated rings. The third kappa shape index (κ3) is 3.29. The Hall–Kier alpha value is -3.09. The van der Waals surface area contributed by atoms with Crippen molar-refractivity contribution in [2.75, 3.05) is 0 Å². The fourth-order valence-corrected chi connectivity index (χ4v) is 2.36. The van der Waals surface area contributed by atoms with Gasteiger partial charge in [0.25, 0.3) is 0 Å². The highest BCUT2D eigenvalue weighted by molar-refractivity contribution is 6.06. The lowest BCUT2D eigenvalue weighted by Gasteiger charge is -2.11. The van der Waals surface area contributed by atoms with Crippen LogP contribution >= 0.6 is 0 Å². The van der Waals surface area contributed by atoms with Crippen LogP contribution in [0.2, 0.25) is 0 Å². The molecule has 3 rings (SSSR count). The van der Waals surface area contributed by atoms with Gasteiger partial charge in [0.05, 0.1) is 16.8 Å². The van der Waals surface area contributed by atoms with Crippen molar-refractivity contribution >= 4 is 16.8 Å². The van der Waals surface area contributed by atoms with Gasteiger partial charge >= 0.3 is 6.36 Å². The first kappa shape index (κ1) is 15.8. The van der Waals surface area contributed by atoms with Crippen LogP contribution < -0.4 is 10.5 Å². The second kappa shape index (κ2) is 5.84. The minimum absolute atomic E-state index is 0.0754. The Morgan fingerprint density at radius 2 is 1.75 bits per heavy atom. The summed E-state index contributed by atoms with van der Waals surface area (Å²) < 4.78 is 40.9. The Morgan fingerprint density at radius 1 is 1.04 bits per heavy atom. The highest BCUT2D eigenvalue weighted by Crippen LogP contribution is 2.30. The van der Waals surface area contributed by atoms with Gasteiger partial charge in [-0.2, -0.15) is 0 Å². The van der Waals surface area contributed by atoms with Crippen LogP contribution in [0.25, 0.3) is 22.2 Å². The number of primary amides is 1. The maximum absolute atomic E-state index is 12.4. The number of nitrogens with two attached hydrogens (primary N) is 1. The van der Waals surface area contributed by atoms with E-state index >= 15 is 0 Å². The number of nitrogens with zero attached hydrogens (tertiary/aromatic N) is 1. The van der Waals surface area contributed by atoms with Gasteiger partial charge in [-0.05, 0) is 24.3 Å². The first-order valence-electron chi connectivity index (χ1n) is 6.89. The van der Waals surface area contributed by atoms with Gasteiger partial charge in [0, 0.05) is 10.9 Å². The summed E-state index contributed by atoms with van der Waals surface area (Å²) in [6, 6.07) is 14.1. The average molecular weight is 332 g/mol. The lowest BCUT2D eigenvalue weighted by Crippen LogP contribution is -2.17. The number of alkyl halides is 3. The predicted molar refractivity (Wildman–Crippen MR) is 82.4 cm³/mol. The number of carbonyl (C=O) groups is 1. The van der Waals surface area contributed by atoms with E-state index in [-0.39, 0.29) is 10.9 Å². The molecule has 0 aliphatic carbocycles. The molecule has 0 bridgehead atoms. The second-order valence-electron chi connectivity index (χ2n) is 5.01. The minimum Gasteiger partial charge on any atom is -0.406 e. The summed E-state index contributed by atoms with van der Waals surface area (Å²) >= 11 is 0. The zero-order valence-corrected chi connectivity index (χ0v) is 12.2. The van der Waals surface area contributed by atoms with Gasteiger partial charge in [0.1, 0.15) is 5.75 Å². The van der Waals surface area contributed by atoms with Crippen molar-refractivity contribution in [1.29, 1.82) is 0 Å². The molecule has 1 heterocycles. The molecule has 0 saturated carbocycles. The van der Waals surface area contributed by atoms with Crippen molar-refractivity contribution in [2.24, 2.45) is 5.73 Å². The number of hydrogen-bond acceptors (Lipinski definition) is 3. The maximum atomic E-state index is 12.4. The van der Waals surface area contributed by atoms with Crippen LogP contribution in [0.15, 0.2) is 54.6 Å². The summed E-state index contributed by atoms with van der Waals surface area (Å²) in [6.45, 7) is 0. The predicted octanol–water partition coefficient (Wildman–Crippen LogP) is 3.90. The topological polar surface area (TPSA) is 65.2 Å². The number of hydrogen-bond donors (Lipinski definition) is 1. The molecular formula is C17H11F3N2O2. The molecule has 0 radical (unpaired) electrons. The highest BCUT2D eigenvalue weighted by Gasteiger charge is 2.31. The quantitative estimate of drug-likeness (QED) is 0.791. The van der Waals surface area contributed by atoms with Crippen molar-refractivity contribution in [3.63, 3.8) is 0 Å². The molecule has 1 aromatic heterocycles. The van der Waals surface area contributed by atoms with E-state index in [2.05, 4.69) is 9.72 Å². The third-order valence-corrected chi connectivity index (χ3v) is 3.35. The zero-order chi connectivity index (χ0) is 17.3. The van der Waals surface area contributed by atoms with Crippen LogP contribution in [0.3, 0.4) is 0 Å². The number of carbonyl (C=O) groups excluding carboxylic acids is 1. The SMILES string of the molecule is NC(=O)c1cc(-c2ccccc2)nc2ccc(OC(F)(F)F)cc12. The number of halogens is 3. The maximum Gasteiger partial charge on any atom is 0.573 e. The monoisotopic (exact) mass is 332 g/mol. The largest absolute Gasteiger partial charge is 0.573 e. The summed E-state index contributed by atoms with van der Waals surface area (Å²) in [6.07, 6.45) is -4.82. The molecule has 24 heavy (non-hydrogen) atoms. The van der Waals surface area contributed by atoms with Crippen LogP contribution in [-0.2, 0) is 0 Å². The lowest BCUT2D eigenvalue weighted by molar-refractivity contribution is -0.274. The van der Waals surface area contributed by atoms with Crippen molar-refractivity contribution in [2.45, 2.75) is 6.36 Å². The van der Waals surface area contributed by atoms with Crippen molar-refractivity contribution in [3.05, 3.63) is 60.2 Å². The van der Waals surface area contributed by atoms with E-state index in [9.17, 15) is 18.0 Å². The standard InChI is InChI=1S/C17H11F3N2O2/c18-17(19,20)24-11-6-7-14-12(8-11)13(16(21)23)9-15(22-14)10-4-2-1-3-5-10/h1-9H,(H2,21,23). The Kier molecular flexibility index (Phi) is 3.84. The fraction of sp³-hybridized carbons (Fsp3) is 0.0588. The van der Waals surface area contributed by atoms with Gasteiger partial charge in [-0.3, -0.25) is 4.79 Å². The van der Waals surface area contributed by atoms with Gasteiger partial charge in [-0.15, -0.1) is 13.2 Å². The Morgan fingerprint density at radius 3 is 2.38 bits per heavy atom. The molecule has 0 unspecified atom stereocenters. The van der Waals surface area contributed by atoms with E-state index in [1.165, 1.54) is 12.1 Å². The molecular weight excluding hydrogens is 321 g/mol. The smallest absolute Gasteiger partial charge is 0.406 e. The molecule has 0 saturated heterocycles. The first-order valence-corrected chi connectivity index (χ1v) is 6.89. The molecule has 3 aromatic rings. The van der Waals surface area contributed by atoms with Crippen LogP contribution in [0.5, 0.6) is 5.75 Å². The normalized spacial score (nSPS) is 11.5. The number of amides is 1. The summed E-state index contributed by atoms with van der Waals surface area (Å²) in [5.74, 6) is -1.20. The Labute approximate surface area is 134 Å². The third-order valence-electron chi connectivity index (χ3n) is 3.35. The van der Waals surface area contributed by atoms with Gasteiger partial charge < -0.3 is 10.5 Å². The van der Waals surface area contributed by atoms with E-state index in [1.54, 1.807) is 12.1 Å². The molecule has 0 atom stereocenters. The number of fused-ring (bicyclic) bond motifs is 1. The molecule has 7 heteroatoms. The van der Waals surface area contributed by atoms with Gasteiger partial charge in [0.2, 0.25) is 5.91 Å². The molecule has 0 aliphatic heterocycles. The summed E-state index contributed by atoms with van der Waals surface area (Å²) in [7, 11) is 0. The van der Waals surface area contributed by atoms with Crippen LogP contribution in [0, 0.1) is 0 Å². The number of pyridine rings is 1. The minimum atomic E-state index is -4.82. The van der Waals surface area contributed by atoms with E-state index in [1.807, 2.05) is 18.2 Å². The zero-order valence-electron chi connectivity index (χ0n) is 12.2. The Balaban J connectivity index is 2.18. The van der Waals surface area contributed by atoms with Gasteiger partial charge in [0.15, 0.2) is 0 Å². The summed E-state index contributed by atoms with van der Waals surface area (Å²) in [4.78, 5) is 16.1. The Bertz CT molecular complexity index is 909. The second-order valence-corrected chi connectivity index (χ2v) is 5.01. The van der Waals surface area contributed by atoms with Crippen LogP contribution in [-0.4, -0.2) is 17.3 Å². The summed E-state index contributed by atoms with van der Waals surface area (Å²) in [5.41, 5.74) is 7.06. The summed E-state index contributed by atoms with van der Waals surface area (Å²) in [5, 5.41) is 0.198. The van der Waals surface area contributed by atoms with E-state index in [0.717, 1.165) is 17.7 Å². The van der Waals surface area contributed by atoms with E-state index < -0.39 is 18.0 Å². The van der Waals surface area contributed by atoms with Crippen LogP contribution in [0.1, 0.15) is 10.4 Å². The van der Waals surface area contributed by atoms with Crippen molar-refractivity contribution < 1.29 is 22.7 Å². The van der Waals surface area contributed by atoms with E-state index in [4.69, 9.17) is 5.73 Å². The molecule has 4 nitrogen and oxygen atoms in total. The number of aromatic nitrogens is 1. The number of rotatable bonds is 3. The fourth-order valence-electron chi connectivity index (χ4n) is 2.36. The van der Waals surface area contributed by atoms with Crippen LogP contribution in [0.4, 0.5) is 13.2 Å². The number of benzene rings is 2. The molecule has 0 aliphatic rings. The van der Waals surface area contributed by atoms with Gasteiger partial charge in [-0.25, -0.2) is 4.98 Å². The van der Waals surface area contributed by atoms with Crippen molar-refractivity contribution in [3.8, 4) is 17.0 Å². The molecule has 122 valence electrons. The lowest BCUT2D eigenvalue weighted by atomic mass is 10.0. The molecule has 0 spiro atoms. The molecule has 1 amide bonds. The molecule has 2 aromatic carbocycles. The first-order chi connectivity index (χ1) is 11.3. The number of ether oxygens (including phenoxy) is 1. The van der Waals surface area contributed by atoms with Crippen molar-refractivity contribution in [1.82, 2.24) is 4.98 Å². The molecule has 2 N–H and O–H groups in total. The van der Waals surface area contributed by atoms with Gasteiger partial charge in [-0.1, -0.05) is 30.3 Å². The van der Waals surface area contributed by atoms with E-state index in [0.29, 0.717) is 11.2 Å². The highest BCUT2D eigenvalue weighted by atomic mass is 19.4.